The summed E-state index contributed by atoms with van der Waals surface area (Å²) >= 11 is 6.56. The summed E-state index contributed by atoms with van der Waals surface area (Å²) in [5.74, 6) is 1.88. The summed E-state index contributed by atoms with van der Waals surface area (Å²) in [5.41, 5.74) is 2.12. The van der Waals surface area contributed by atoms with Gasteiger partial charge in [0.15, 0.2) is 12.2 Å². The normalized spacial score (nSPS) is 12.3. The summed E-state index contributed by atoms with van der Waals surface area (Å²) in [6, 6.07) is 28.6. The van der Waals surface area contributed by atoms with Gasteiger partial charge in [-0.1, -0.05) is 74.0 Å². The molecule has 0 saturated carbocycles. The third-order valence-electron chi connectivity index (χ3n) is 8.07. The SMILES string of the molecule is CCCC(=O)OC(COc1cccc(C)c1)COc1c2ccccc2c(OCC(COc2cccc(C)c2)OC(=O)CCC)c2cc(Cl)ccc12. The standard InChI is InChI=1S/C42H45ClO8/c1-5-11-39(44)50-33(24-46-31-15-9-13-28(3)21-31)26-48-41-35-17-7-8-18-36(35)42(38-23-30(43)19-20-37(38)41)49-27-34(51-40(45)12-6-2)25-47-32-16-10-14-29(4)22-32/h7-10,13-23,33-34H,5-6,11-12,24-27H2,1-4H3. The molecule has 9 heteroatoms. The van der Waals surface area contributed by atoms with Gasteiger partial charge in [-0.05, 0) is 80.3 Å². The van der Waals surface area contributed by atoms with Crippen molar-refractivity contribution in [3.05, 3.63) is 107 Å². The van der Waals surface area contributed by atoms with Gasteiger partial charge in [0.1, 0.15) is 49.4 Å². The third-order valence-corrected chi connectivity index (χ3v) is 8.30. The van der Waals surface area contributed by atoms with Crippen LogP contribution in [0.3, 0.4) is 0 Å². The molecule has 5 rings (SSSR count). The van der Waals surface area contributed by atoms with E-state index in [1.54, 1.807) is 6.07 Å². The zero-order valence-electron chi connectivity index (χ0n) is 29.6. The lowest BCUT2D eigenvalue weighted by atomic mass is 10.0. The minimum Gasteiger partial charge on any atom is -0.490 e. The highest BCUT2D eigenvalue weighted by molar-refractivity contribution is 6.31. The van der Waals surface area contributed by atoms with Crippen molar-refractivity contribution in [3.8, 4) is 23.0 Å². The van der Waals surface area contributed by atoms with Crippen LogP contribution in [-0.4, -0.2) is 50.6 Å². The molecule has 5 aromatic rings. The van der Waals surface area contributed by atoms with Gasteiger partial charge in [0, 0.05) is 39.4 Å². The van der Waals surface area contributed by atoms with Gasteiger partial charge in [-0.15, -0.1) is 0 Å². The number of benzene rings is 5. The molecule has 5 aromatic carbocycles. The molecule has 2 unspecified atom stereocenters. The van der Waals surface area contributed by atoms with Gasteiger partial charge in [-0.25, -0.2) is 0 Å². The van der Waals surface area contributed by atoms with E-state index in [0.717, 1.165) is 27.3 Å². The van der Waals surface area contributed by atoms with Gasteiger partial charge >= 0.3 is 11.9 Å². The van der Waals surface area contributed by atoms with Gasteiger partial charge < -0.3 is 28.4 Å². The summed E-state index contributed by atoms with van der Waals surface area (Å²) in [5, 5.41) is 3.54. The molecule has 0 amide bonds. The summed E-state index contributed by atoms with van der Waals surface area (Å²) in [4.78, 5) is 25.2. The Morgan fingerprint density at radius 3 is 1.47 bits per heavy atom. The number of esters is 2. The zero-order chi connectivity index (χ0) is 36.2. The summed E-state index contributed by atoms with van der Waals surface area (Å²) in [6.07, 6.45) is 0.562. The fourth-order valence-electron chi connectivity index (χ4n) is 5.65. The molecule has 0 radical (unpaired) electrons. The molecule has 2 atom stereocenters. The average molecular weight is 713 g/mol. The Labute approximate surface area is 304 Å². The molecule has 0 aliphatic heterocycles. The van der Waals surface area contributed by atoms with Crippen LogP contribution in [0.1, 0.15) is 50.7 Å². The van der Waals surface area contributed by atoms with Crippen molar-refractivity contribution in [3.63, 3.8) is 0 Å². The molecular weight excluding hydrogens is 668 g/mol. The summed E-state index contributed by atoms with van der Waals surface area (Å²) in [7, 11) is 0. The summed E-state index contributed by atoms with van der Waals surface area (Å²) < 4.78 is 36.8. The van der Waals surface area contributed by atoms with Crippen LogP contribution in [0, 0.1) is 13.8 Å². The van der Waals surface area contributed by atoms with E-state index in [9.17, 15) is 9.59 Å². The van der Waals surface area contributed by atoms with Gasteiger partial charge in [0.25, 0.3) is 0 Å². The van der Waals surface area contributed by atoms with E-state index < -0.39 is 12.2 Å². The first-order chi connectivity index (χ1) is 24.7. The first-order valence-corrected chi connectivity index (χ1v) is 17.8. The van der Waals surface area contributed by atoms with Crippen molar-refractivity contribution in [1.29, 1.82) is 0 Å². The van der Waals surface area contributed by atoms with Crippen LogP contribution in [0.25, 0.3) is 21.5 Å². The van der Waals surface area contributed by atoms with Crippen LogP contribution >= 0.6 is 11.6 Å². The van der Waals surface area contributed by atoms with E-state index >= 15 is 0 Å². The zero-order valence-corrected chi connectivity index (χ0v) is 30.4. The largest absolute Gasteiger partial charge is 0.490 e. The molecule has 0 saturated heterocycles. The lowest BCUT2D eigenvalue weighted by molar-refractivity contribution is -0.153. The predicted molar refractivity (Wildman–Crippen MR) is 200 cm³/mol. The third kappa shape index (κ3) is 10.5. The minimum atomic E-state index is -0.680. The first-order valence-electron chi connectivity index (χ1n) is 17.4. The number of hydrogen-bond donors (Lipinski definition) is 0. The number of carbonyl (C=O) groups is 2. The second-order valence-corrected chi connectivity index (χ2v) is 12.9. The molecule has 51 heavy (non-hydrogen) atoms. The van der Waals surface area contributed by atoms with Crippen molar-refractivity contribution in [1.82, 2.24) is 0 Å². The van der Waals surface area contributed by atoms with E-state index in [1.807, 2.05) is 113 Å². The number of carbonyl (C=O) groups excluding carboxylic acids is 2. The molecule has 0 aliphatic carbocycles. The molecule has 0 spiro atoms. The number of hydrogen-bond acceptors (Lipinski definition) is 8. The molecular formula is C42H45ClO8. The maximum Gasteiger partial charge on any atom is 0.306 e. The maximum absolute atomic E-state index is 12.6. The molecule has 0 aromatic heterocycles. The molecule has 8 nitrogen and oxygen atoms in total. The van der Waals surface area contributed by atoms with E-state index in [-0.39, 0.29) is 38.4 Å². The van der Waals surface area contributed by atoms with Crippen LogP contribution in [0.5, 0.6) is 23.0 Å². The molecule has 0 heterocycles. The van der Waals surface area contributed by atoms with Crippen LogP contribution in [0.4, 0.5) is 0 Å². The number of rotatable bonds is 18. The molecule has 0 fully saturated rings. The van der Waals surface area contributed by atoms with Crippen LogP contribution in [0.15, 0.2) is 91.0 Å². The molecule has 0 bridgehead atoms. The second kappa shape index (κ2) is 18.3. The Hall–Kier alpha value is -4.95. The van der Waals surface area contributed by atoms with Crippen molar-refractivity contribution in [2.75, 3.05) is 26.4 Å². The Bertz CT molecular complexity index is 1940. The van der Waals surface area contributed by atoms with Crippen LogP contribution in [-0.2, 0) is 19.1 Å². The van der Waals surface area contributed by atoms with Gasteiger partial charge in [0.2, 0.25) is 0 Å². The molecule has 0 N–H and O–H groups in total. The number of fused-ring (bicyclic) bond motifs is 2. The van der Waals surface area contributed by atoms with Gasteiger partial charge in [-0.2, -0.15) is 0 Å². The molecule has 0 aliphatic rings. The van der Waals surface area contributed by atoms with Crippen LogP contribution < -0.4 is 18.9 Å². The fourth-order valence-corrected chi connectivity index (χ4v) is 5.83. The summed E-state index contributed by atoms with van der Waals surface area (Å²) in [6.45, 7) is 8.15. The highest BCUT2D eigenvalue weighted by atomic mass is 35.5. The smallest absolute Gasteiger partial charge is 0.306 e. The van der Waals surface area contributed by atoms with Crippen molar-refractivity contribution < 1.29 is 38.0 Å². The van der Waals surface area contributed by atoms with E-state index in [2.05, 4.69) is 0 Å². The minimum absolute atomic E-state index is 0.0405. The van der Waals surface area contributed by atoms with E-state index in [4.69, 9.17) is 40.0 Å². The number of ether oxygens (including phenoxy) is 6. The lowest BCUT2D eigenvalue weighted by Crippen LogP contribution is -2.31. The van der Waals surface area contributed by atoms with Gasteiger partial charge in [0.05, 0.1) is 0 Å². The van der Waals surface area contributed by atoms with Gasteiger partial charge in [-0.3, -0.25) is 9.59 Å². The highest BCUT2D eigenvalue weighted by Gasteiger charge is 2.23. The van der Waals surface area contributed by atoms with E-state index in [1.165, 1.54) is 0 Å². The number of halogens is 1. The second-order valence-electron chi connectivity index (χ2n) is 12.5. The van der Waals surface area contributed by atoms with Crippen molar-refractivity contribution >= 4 is 45.1 Å². The molecule has 268 valence electrons. The van der Waals surface area contributed by atoms with Crippen LogP contribution in [0.2, 0.25) is 5.02 Å². The lowest BCUT2D eigenvalue weighted by Gasteiger charge is -2.23. The van der Waals surface area contributed by atoms with Crippen molar-refractivity contribution in [2.24, 2.45) is 0 Å². The highest BCUT2D eigenvalue weighted by Crippen LogP contribution is 2.44. The fraction of sp³-hybridized carbons (Fsp3) is 0.333. The topological polar surface area (TPSA) is 89.5 Å². The quantitative estimate of drug-likeness (QED) is 0.0656. The first kappa shape index (κ1) is 37.3. The van der Waals surface area contributed by atoms with E-state index in [0.29, 0.717) is 59.1 Å². The Balaban J connectivity index is 1.43. The Morgan fingerprint density at radius 1 is 0.549 bits per heavy atom. The number of aryl methyl sites for hydroxylation is 2. The predicted octanol–water partition coefficient (Wildman–Crippen LogP) is 9.60. The average Bonchev–Trinajstić information content (AvgIpc) is 3.11. The van der Waals surface area contributed by atoms with Crippen molar-refractivity contribution in [2.45, 2.75) is 65.6 Å². The monoisotopic (exact) mass is 712 g/mol. The maximum atomic E-state index is 12.6. The Morgan fingerprint density at radius 2 is 1.00 bits per heavy atom. The Kier molecular flexibility index (Phi) is 13.4.